The van der Waals surface area contributed by atoms with Gasteiger partial charge in [0.15, 0.2) is 5.82 Å². The standard InChI is InChI=1S/C12H11N5S/c1-2-7-5-8-10(13)16-11(17-12(8)18-7)9-3-4-14-6-15-9/h3-6H,2H2,1H3,(H2,13,16,17). The predicted octanol–water partition coefficient (Wildman–Crippen LogP) is 2.29. The Kier molecular flexibility index (Phi) is 2.64. The molecule has 0 spiro atoms. The van der Waals surface area contributed by atoms with Gasteiger partial charge < -0.3 is 5.73 Å². The monoisotopic (exact) mass is 257 g/mol. The van der Waals surface area contributed by atoms with Gasteiger partial charge in [-0.2, -0.15) is 0 Å². The Bertz CT molecular complexity index is 692. The van der Waals surface area contributed by atoms with Crippen molar-refractivity contribution in [2.24, 2.45) is 0 Å². The number of hydrogen-bond donors (Lipinski definition) is 1. The summed E-state index contributed by atoms with van der Waals surface area (Å²) in [7, 11) is 0. The van der Waals surface area contributed by atoms with Crippen LogP contribution in [0.15, 0.2) is 24.7 Å². The molecule has 90 valence electrons. The van der Waals surface area contributed by atoms with E-state index >= 15 is 0 Å². The molecule has 3 heterocycles. The fourth-order valence-corrected chi connectivity index (χ4v) is 2.68. The second-order valence-corrected chi connectivity index (χ2v) is 4.93. The zero-order chi connectivity index (χ0) is 12.5. The number of nitrogens with two attached hydrogens (primary N) is 1. The maximum absolute atomic E-state index is 5.97. The topological polar surface area (TPSA) is 77.6 Å². The van der Waals surface area contributed by atoms with Gasteiger partial charge in [0.25, 0.3) is 0 Å². The van der Waals surface area contributed by atoms with Gasteiger partial charge >= 0.3 is 0 Å². The number of rotatable bonds is 2. The number of fused-ring (bicyclic) bond motifs is 1. The average molecular weight is 257 g/mol. The molecule has 0 saturated carbocycles. The lowest BCUT2D eigenvalue weighted by Gasteiger charge is -2.00. The predicted molar refractivity (Wildman–Crippen MR) is 72.2 cm³/mol. The molecule has 6 heteroatoms. The van der Waals surface area contributed by atoms with Crippen LogP contribution in [0.4, 0.5) is 5.82 Å². The van der Waals surface area contributed by atoms with Crippen molar-refractivity contribution >= 4 is 27.4 Å². The second-order valence-electron chi connectivity index (χ2n) is 3.81. The van der Waals surface area contributed by atoms with Crippen LogP contribution >= 0.6 is 11.3 Å². The van der Waals surface area contributed by atoms with Gasteiger partial charge in [0, 0.05) is 11.1 Å². The summed E-state index contributed by atoms with van der Waals surface area (Å²) >= 11 is 1.65. The Labute approximate surface area is 108 Å². The molecule has 0 aliphatic rings. The smallest absolute Gasteiger partial charge is 0.181 e. The molecule has 0 amide bonds. The van der Waals surface area contributed by atoms with Crippen LogP contribution in [-0.4, -0.2) is 19.9 Å². The Balaban J connectivity index is 2.21. The zero-order valence-electron chi connectivity index (χ0n) is 9.79. The molecular weight excluding hydrogens is 246 g/mol. The molecule has 0 bridgehead atoms. The van der Waals surface area contributed by atoms with E-state index < -0.39 is 0 Å². The number of nitrogen functional groups attached to an aromatic ring is 1. The summed E-state index contributed by atoms with van der Waals surface area (Å²) < 4.78 is 0. The summed E-state index contributed by atoms with van der Waals surface area (Å²) in [5, 5.41) is 0.926. The van der Waals surface area contributed by atoms with Crippen molar-refractivity contribution in [3.63, 3.8) is 0 Å². The van der Waals surface area contributed by atoms with E-state index in [1.165, 1.54) is 11.2 Å². The van der Waals surface area contributed by atoms with Crippen molar-refractivity contribution in [3.05, 3.63) is 29.5 Å². The van der Waals surface area contributed by atoms with Gasteiger partial charge in [-0.15, -0.1) is 11.3 Å². The van der Waals surface area contributed by atoms with E-state index in [-0.39, 0.29) is 0 Å². The summed E-state index contributed by atoms with van der Waals surface area (Å²) in [6, 6.07) is 3.83. The summed E-state index contributed by atoms with van der Waals surface area (Å²) in [6.07, 6.45) is 4.12. The van der Waals surface area contributed by atoms with Crippen molar-refractivity contribution < 1.29 is 0 Å². The van der Waals surface area contributed by atoms with E-state index in [1.807, 2.05) is 0 Å². The molecule has 0 aromatic carbocycles. The van der Waals surface area contributed by atoms with Crippen LogP contribution in [0.2, 0.25) is 0 Å². The van der Waals surface area contributed by atoms with Crippen LogP contribution in [0.25, 0.3) is 21.7 Å². The number of aryl methyl sites for hydroxylation is 1. The minimum Gasteiger partial charge on any atom is -0.383 e. The SMILES string of the molecule is CCc1cc2c(N)nc(-c3ccncn3)nc2s1. The molecule has 3 rings (SSSR count). The molecule has 3 aromatic heterocycles. The number of aromatic nitrogens is 4. The molecule has 0 radical (unpaired) electrons. The van der Waals surface area contributed by atoms with Gasteiger partial charge in [-0.05, 0) is 18.6 Å². The van der Waals surface area contributed by atoms with Crippen LogP contribution in [0.1, 0.15) is 11.8 Å². The van der Waals surface area contributed by atoms with Crippen LogP contribution < -0.4 is 5.73 Å². The maximum atomic E-state index is 5.97. The lowest BCUT2D eigenvalue weighted by molar-refractivity contribution is 1.13. The number of thiophene rings is 1. The minimum atomic E-state index is 0.504. The first-order chi connectivity index (χ1) is 8.78. The maximum Gasteiger partial charge on any atom is 0.181 e. The van der Waals surface area contributed by atoms with Gasteiger partial charge in [0.05, 0.1) is 5.39 Å². The molecule has 0 aliphatic heterocycles. The molecule has 5 nitrogen and oxygen atoms in total. The Morgan fingerprint density at radius 2 is 2.22 bits per heavy atom. The Morgan fingerprint density at radius 3 is 2.94 bits per heavy atom. The first-order valence-electron chi connectivity index (χ1n) is 5.60. The van der Waals surface area contributed by atoms with Crippen LogP contribution in [0.3, 0.4) is 0 Å². The van der Waals surface area contributed by atoms with E-state index in [0.717, 1.165) is 16.6 Å². The molecule has 0 aliphatic carbocycles. The summed E-state index contributed by atoms with van der Waals surface area (Å²) in [4.78, 5) is 19.0. The van der Waals surface area contributed by atoms with Crippen molar-refractivity contribution in [2.75, 3.05) is 5.73 Å². The molecule has 2 N–H and O–H groups in total. The summed E-state index contributed by atoms with van der Waals surface area (Å²) in [5.74, 6) is 1.05. The fraction of sp³-hybridized carbons (Fsp3) is 0.167. The third kappa shape index (κ3) is 1.80. The van der Waals surface area contributed by atoms with E-state index in [4.69, 9.17) is 5.73 Å². The van der Waals surface area contributed by atoms with Crippen LogP contribution in [0, 0.1) is 0 Å². The highest BCUT2D eigenvalue weighted by Crippen LogP contribution is 2.29. The quantitative estimate of drug-likeness (QED) is 0.762. The van der Waals surface area contributed by atoms with E-state index in [9.17, 15) is 0 Å². The van der Waals surface area contributed by atoms with E-state index in [2.05, 4.69) is 32.9 Å². The molecule has 0 unspecified atom stereocenters. The first-order valence-corrected chi connectivity index (χ1v) is 6.42. The van der Waals surface area contributed by atoms with E-state index in [1.54, 1.807) is 23.6 Å². The highest BCUT2D eigenvalue weighted by atomic mass is 32.1. The normalized spacial score (nSPS) is 10.9. The van der Waals surface area contributed by atoms with Crippen LogP contribution in [0.5, 0.6) is 0 Å². The van der Waals surface area contributed by atoms with Gasteiger partial charge in [0.2, 0.25) is 0 Å². The summed E-state index contributed by atoms with van der Waals surface area (Å²) in [6.45, 7) is 2.11. The largest absolute Gasteiger partial charge is 0.383 e. The number of hydrogen-bond acceptors (Lipinski definition) is 6. The first kappa shape index (κ1) is 11.0. The zero-order valence-corrected chi connectivity index (χ0v) is 10.6. The average Bonchev–Trinajstić information content (AvgIpc) is 2.83. The molecule has 0 atom stereocenters. The van der Waals surface area contributed by atoms with Crippen molar-refractivity contribution in [3.8, 4) is 11.5 Å². The lowest BCUT2D eigenvalue weighted by atomic mass is 10.3. The Morgan fingerprint density at radius 1 is 1.33 bits per heavy atom. The second kappa shape index (κ2) is 4.30. The van der Waals surface area contributed by atoms with E-state index in [0.29, 0.717) is 17.3 Å². The lowest BCUT2D eigenvalue weighted by Crippen LogP contribution is -1.97. The molecule has 3 aromatic rings. The molecular formula is C12H11N5S. The Hall–Kier alpha value is -2.08. The van der Waals surface area contributed by atoms with Gasteiger partial charge in [-0.3, -0.25) is 0 Å². The number of anilines is 1. The highest BCUT2D eigenvalue weighted by Gasteiger charge is 2.10. The third-order valence-corrected chi connectivity index (χ3v) is 3.81. The van der Waals surface area contributed by atoms with Gasteiger partial charge in [-0.1, -0.05) is 6.92 Å². The van der Waals surface area contributed by atoms with Crippen molar-refractivity contribution in [1.82, 2.24) is 19.9 Å². The minimum absolute atomic E-state index is 0.504. The number of nitrogens with zero attached hydrogens (tertiary/aromatic N) is 4. The van der Waals surface area contributed by atoms with Crippen molar-refractivity contribution in [2.45, 2.75) is 13.3 Å². The molecule has 0 saturated heterocycles. The van der Waals surface area contributed by atoms with Crippen molar-refractivity contribution in [1.29, 1.82) is 0 Å². The van der Waals surface area contributed by atoms with Gasteiger partial charge in [-0.25, -0.2) is 19.9 Å². The highest BCUT2D eigenvalue weighted by molar-refractivity contribution is 7.18. The van der Waals surface area contributed by atoms with Crippen LogP contribution in [-0.2, 0) is 6.42 Å². The molecule has 18 heavy (non-hydrogen) atoms. The fourth-order valence-electron chi connectivity index (χ4n) is 1.71. The third-order valence-electron chi connectivity index (χ3n) is 2.63. The summed E-state index contributed by atoms with van der Waals surface area (Å²) in [5.41, 5.74) is 6.66. The van der Waals surface area contributed by atoms with Gasteiger partial charge in [0.1, 0.15) is 22.7 Å². The molecule has 0 fully saturated rings.